The lowest BCUT2D eigenvalue weighted by Gasteiger charge is -2.10. The highest BCUT2D eigenvalue weighted by Gasteiger charge is 2.15. The Morgan fingerprint density at radius 1 is 0.769 bits per heavy atom. The molecule has 0 bridgehead atoms. The largest absolute Gasteiger partial charge is 0.369 e. The van der Waals surface area contributed by atoms with Crippen LogP contribution in [0.2, 0.25) is 0 Å². The fourth-order valence-corrected chi connectivity index (χ4v) is 3.96. The third-order valence-electron chi connectivity index (χ3n) is 5.15. The second-order valence-corrected chi connectivity index (χ2v) is 6.73. The van der Waals surface area contributed by atoms with Crippen molar-refractivity contribution in [2.75, 3.05) is 5.32 Å². The molecule has 4 aromatic rings. The van der Waals surface area contributed by atoms with Crippen molar-refractivity contribution in [3.63, 3.8) is 0 Å². The Hall–Kier alpha value is -3.33. The van der Waals surface area contributed by atoms with Gasteiger partial charge in [-0.05, 0) is 46.9 Å². The maximum Gasteiger partial charge on any atom is 0.198 e. The van der Waals surface area contributed by atoms with Crippen LogP contribution >= 0.6 is 0 Å². The molecule has 0 atom stereocenters. The number of benzene rings is 4. The molecule has 0 aliphatic heterocycles. The van der Waals surface area contributed by atoms with Crippen LogP contribution in [0, 0.1) is 0 Å². The first-order chi connectivity index (χ1) is 12.8. The van der Waals surface area contributed by atoms with Gasteiger partial charge in [0.05, 0.1) is 5.69 Å². The summed E-state index contributed by atoms with van der Waals surface area (Å²) in [7, 11) is 0. The van der Waals surface area contributed by atoms with E-state index in [2.05, 4.69) is 58.8 Å². The lowest BCUT2D eigenvalue weighted by Crippen LogP contribution is -2.22. The van der Waals surface area contributed by atoms with Gasteiger partial charge in [-0.25, -0.2) is 4.99 Å². The summed E-state index contributed by atoms with van der Waals surface area (Å²) in [4.78, 5) is 4.68. The Morgan fingerprint density at radius 3 is 2.42 bits per heavy atom. The molecule has 26 heavy (non-hydrogen) atoms. The summed E-state index contributed by atoms with van der Waals surface area (Å²) < 4.78 is 0. The van der Waals surface area contributed by atoms with Crippen LogP contribution in [0.3, 0.4) is 0 Å². The van der Waals surface area contributed by atoms with E-state index in [1.165, 1.54) is 27.3 Å². The van der Waals surface area contributed by atoms with Crippen molar-refractivity contribution < 1.29 is 0 Å². The molecular weight excluding hydrogens is 318 g/mol. The molecule has 0 amide bonds. The van der Waals surface area contributed by atoms with Gasteiger partial charge in [0, 0.05) is 16.5 Å². The zero-order valence-electron chi connectivity index (χ0n) is 14.4. The lowest BCUT2D eigenvalue weighted by molar-refractivity contribution is 1.02. The molecule has 0 radical (unpaired) electrons. The van der Waals surface area contributed by atoms with E-state index >= 15 is 0 Å². The Morgan fingerprint density at radius 2 is 1.50 bits per heavy atom. The van der Waals surface area contributed by atoms with E-state index in [4.69, 9.17) is 5.73 Å². The van der Waals surface area contributed by atoms with Crippen LogP contribution in [0.1, 0.15) is 11.1 Å². The minimum atomic E-state index is 0.403. The van der Waals surface area contributed by atoms with E-state index in [-0.39, 0.29) is 0 Å². The van der Waals surface area contributed by atoms with Crippen molar-refractivity contribution in [1.29, 1.82) is 0 Å². The maximum atomic E-state index is 6.25. The molecule has 1 aliphatic carbocycles. The van der Waals surface area contributed by atoms with Crippen LogP contribution in [0.15, 0.2) is 77.8 Å². The van der Waals surface area contributed by atoms with Gasteiger partial charge in [0.2, 0.25) is 0 Å². The minimum Gasteiger partial charge on any atom is -0.369 e. The third kappa shape index (κ3) is 2.40. The number of rotatable bonds is 2. The number of fused-ring (bicyclic) bond motifs is 1. The van der Waals surface area contributed by atoms with E-state index in [9.17, 15) is 0 Å². The van der Waals surface area contributed by atoms with Crippen molar-refractivity contribution in [3.8, 4) is 0 Å². The van der Waals surface area contributed by atoms with Gasteiger partial charge in [0.15, 0.2) is 5.96 Å². The molecule has 0 fully saturated rings. The van der Waals surface area contributed by atoms with Crippen LogP contribution in [-0.4, -0.2) is 5.96 Å². The fraction of sp³-hybridized carbons (Fsp3) is 0.0870. The molecule has 0 spiro atoms. The summed E-state index contributed by atoms with van der Waals surface area (Å²) in [6.45, 7) is 0. The first kappa shape index (κ1) is 15.0. The van der Waals surface area contributed by atoms with Crippen molar-refractivity contribution in [1.82, 2.24) is 0 Å². The van der Waals surface area contributed by atoms with Gasteiger partial charge in [0.25, 0.3) is 0 Å². The van der Waals surface area contributed by atoms with Crippen molar-refractivity contribution in [2.45, 2.75) is 12.8 Å². The van der Waals surface area contributed by atoms with Crippen molar-refractivity contribution in [2.24, 2.45) is 10.7 Å². The number of aryl methyl sites for hydroxylation is 2. The Kier molecular flexibility index (Phi) is 3.39. The Bertz CT molecular complexity index is 1160. The highest BCUT2D eigenvalue weighted by atomic mass is 15.1. The van der Waals surface area contributed by atoms with Gasteiger partial charge in [0.1, 0.15) is 0 Å². The van der Waals surface area contributed by atoms with Crippen molar-refractivity contribution >= 4 is 38.9 Å². The average molecular weight is 337 g/mol. The molecule has 126 valence electrons. The number of anilines is 1. The standard InChI is InChI=1S/C23H19N3/c24-23(25-20-10-4-6-15-5-1-2-8-18(15)20)26-21-14-13-17-12-11-16-7-3-9-19(21)22(16)17/h1-10,13-14H,11-12H2,(H3,24,25,26). The first-order valence-corrected chi connectivity index (χ1v) is 8.92. The molecule has 1 aliphatic rings. The molecule has 0 saturated heterocycles. The highest BCUT2D eigenvalue weighted by molar-refractivity contribution is 6.05. The third-order valence-corrected chi connectivity index (χ3v) is 5.15. The summed E-state index contributed by atoms with van der Waals surface area (Å²) >= 11 is 0. The highest BCUT2D eigenvalue weighted by Crippen LogP contribution is 2.36. The Balaban J connectivity index is 1.56. The van der Waals surface area contributed by atoms with Gasteiger partial charge in [-0.3, -0.25) is 0 Å². The van der Waals surface area contributed by atoms with Gasteiger partial charge in [-0.15, -0.1) is 0 Å². The fourth-order valence-electron chi connectivity index (χ4n) is 3.96. The monoisotopic (exact) mass is 337 g/mol. The molecular formula is C23H19N3. The summed E-state index contributed by atoms with van der Waals surface area (Å²) in [6, 6.07) is 25.1. The summed E-state index contributed by atoms with van der Waals surface area (Å²) in [5.41, 5.74) is 11.0. The second-order valence-electron chi connectivity index (χ2n) is 6.73. The van der Waals surface area contributed by atoms with E-state index in [1.807, 2.05) is 24.3 Å². The molecule has 3 nitrogen and oxygen atoms in total. The van der Waals surface area contributed by atoms with Gasteiger partial charge < -0.3 is 11.1 Å². The topological polar surface area (TPSA) is 50.4 Å². The van der Waals surface area contributed by atoms with Crippen LogP contribution < -0.4 is 11.1 Å². The lowest BCUT2D eigenvalue weighted by atomic mass is 10.0. The average Bonchev–Trinajstić information content (AvgIpc) is 3.09. The minimum absolute atomic E-state index is 0.403. The van der Waals surface area contributed by atoms with Gasteiger partial charge in [-0.2, -0.15) is 0 Å². The summed E-state index contributed by atoms with van der Waals surface area (Å²) in [5, 5.41) is 8.11. The Labute approximate surface area is 152 Å². The molecule has 0 unspecified atom stereocenters. The van der Waals surface area contributed by atoms with E-state index < -0.39 is 0 Å². The molecule has 4 aromatic carbocycles. The molecule has 0 saturated carbocycles. The van der Waals surface area contributed by atoms with Crippen molar-refractivity contribution in [3.05, 3.63) is 83.9 Å². The van der Waals surface area contributed by atoms with Crippen LogP contribution in [-0.2, 0) is 12.8 Å². The molecule has 0 aromatic heterocycles. The summed E-state index contributed by atoms with van der Waals surface area (Å²) in [5.74, 6) is 0.403. The van der Waals surface area contributed by atoms with Crippen LogP contribution in [0.5, 0.6) is 0 Å². The number of nitrogens with one attached hydrogen (secondary N) is 1. The molecule has 0 heterocycles. The van der Waals surface area contributed by atoms with E-state index in [0.717, 1.165) is 29.6 Å². The zero-order chi connectivity index (χ0) is 17.5. The second kappa shape index (κ2) is 5.88. The summed E-state index contributed by atoms with van der Waals surface area (Å²) in [6.07, 6.45) is 2.23. The van der Waals surface area contributed by atoms with E-state index in [0.29, 0.717) is 5.96 Å². The number of aliphatic imine (C=N–C) groups is 1. The number of hydrogen-bond acceptors (Lipinski definition) is 1. The maximum absolute atomic E-state index is 6.25. The predicted octanol–water partition coefficient (Wildman–Crippen LogP) is 5.15. The number of nitrogens with two attached hydrogens (primary N) is 1. The number of guanidine groups is 1. The van der Waals surface area contributed by atoms with Gasteiger partial charge in [-0.1, -0.05) is 60.7 Å². The SMILES string of the molecule is NC(=Nc1ccc2c3c(cccc13)CC2)Nc1cccc2ccccc12. The van der Waals surface area contributed by atoms with Gasteiger partial charge >= 0.3 is 0 Å². The molecule has 3 N–H and O–H groups in total. The number of nitrogens with zero attached hydrogens (tertiary/aromatic N) is 1. The zero-order valence-corrected chi connectivity index (χ0v) is 14.4. The normalized spacial score (nSPS) is 13.5. The first-order valence-electron chi connectivity index (χ1n) is 8.92. The van der Waals surface area contributed by atoms with Crippen LogP contribution in [0.4, 0.5) is 11.4 Å². The smallest absolute Gasteiger partial charge is 0.198 e. The predicted molar refractivity (Wildman–Crippen MR) is 110 cm³/mol. The quantitative estimate of drug-likeness (QED) is 0.392. The van der Waals surface area contributed by atoms with E-state index in [1.54, 1.807) is 0 Å². The molecule has 5 rings (SSSR count). The number of hydrogen-bond donors (Lipinski definition) is 2. The molecule has 3 heteroatoms. The van der Waals surface area contributed by atoms with Crippen LogP contribution in [0.25, 0.3) is 21.5 Å².